The Labute approximate surface area is 215 Å². The number of hydrogen-bond donors (Lipinski definition) is 0. The summed E-state index contributed by atoms with van der Waals surface area (Å²) in [6.07, 6.45) is -3.05. The summed E-state index contributed by atoms with van der Waals surface area (Å²) in [6, 6.07) is 6.55. The zero-order valence-corrected chi connectivity index (χ0v) is 26.9. The van der Waals surface area contributed by atoms with E-state index in [-0.39, 0.29) is 11.5 Å². The average molecular weight is 565 g/mol. The van der Waals surface area contributed by atoms with Gasteiger partial charge in [-0.25, -0.2) is 0 Å². The van der Waals surface area contributed by atoms with Crippen LogP contribution in [0.1, 0.15) is 5.56 Å². The molecule has 5 unspecified atom stereocenters. The van der Waals surface area contributed by atoms with Crippen molar-refractivity contribution in [2.75, 3.05) is 13.7 Å². The summed E-state index contributed by atoms with van der Waals surface area (Å²) < 4.78 is 63.0. The second kappa shape index (κ2) is 11.5. The molecule has 1 aliphatic rings. The maximum atomic E-state index is 12.9. The zero-order chi connectivity index (χ0) is 26.8. The van der Waals surface area contributed by atoms with Gasteiger partial charge < -0.3 is 22.8 Å². The number of aryl methyl sites for hydroxylation is 1. The van der Waals surface area contributed by atoms with Crippen LogP contribution in [0.15, 0.2) is 29.2 Å². The van der Waals surface area contributed by atoms with Gasteiger partial charge >= 0.3 is 0 Å². The van der Waals surface area contributed by atoms with Gasteiger partial charge in [-0.2, -0.15) is 8.42 Å². The van der Waals surface area contributed by atoms with Crippen molar-refractivity contribution >= 4 is 35.1 Å². The van der Waals surface area contributed by atoms with E-state index in [4.69, 9.17) is 26.9 Å². The predicted octanol–water partition coefficient (Wildman–Crippen LogP) is 4.73. The molecule has 1 aromatic rings. The lowest BCUT2D eigenvalue weighted by atomic mass is 9.99. The van der Waals surface area contributed by atoms with Gasteiger partial charge in [0.1, 0.15) is 24.4 Å². The summed E-state index contributed by atoms with van der Waals surface area (Å²) in [5.41, 5.74) is 0.964. The molecule has 35 heavy (non-hydrogen) atoms. The summed E-state index contributed by atoms with van der Waals surface area (Å²) >= 11 is 0. The van der Waals surface area contributed by atoms with E-state index in [1.54, 1.807) is 19.2 Å². The van der Waals surface area contributed by atoms with E-state index in [9.17, 15) is 8.42 Å². The highest BCUT2D eigenvalue weighted by Gasteiger charge is 2.52. The van der Waals surface area contributed by atoms with Crippen LogP contribution in [0, 0.1) is 6.92 Å². The second-order valence-corrected chi connectivity index (χ2v) is 26.9. The van der Waals surface area contributed by atoms with Crippen molar-refractivity contribution < 1.29 is 35.4 Å². The zero-order valence-electron chi connectivity index (χ0n) is 23.1. The van der Waals surface area contributed by atoms with Crippen LogP contribution in [0.4, 0.5) is 0 Å². The molecule has 0 bridgehead atoms. The maximum absolute atomic E-state index is 12.9. The molecule has 1 fully saturated rings. The molecule has 8 nitrogen and oxygen atoms in total. The summed E-state index contributed by atoms with van der Waals surface area (Å²) in [5.74, 6) is 0. The molecule has 0 aliphatic carbocycles. The molecule has 5 atom stereocenters. The summed E-state index contributed by atoms with van der Waals surface area (Å²) in [5, 5.41) is 0. The van der Waals surface area contributed by atoms with Crippen molar-refractivity contribution in [2.45, 2.75) is 101 Å². The topological polar surface area (TPSA) is 89.5 Å². The third kappa shape index (κ3) is 9.76. The molecular weight excluding hydrogens is 521 g/mol. The van der Waals surface area contributed by atoms with Crippen molar-refractivity contribution in [1.82, 2.24) is 0 Å². The molecular formula is C23H44O8SSi3. The van der Waals surface area contributed by atoms with Crippen LogP contribution in [-0.2, 0) is 37.1 Å². The molecule has 1 aliphatic heterocycles. The van der Waals surface area contributed by atoms with Crippen LogP contribution < -0.4 is 0 Å². The van der Waals surface area contributed by atoms with E-state index < -0.39 is 65.8 Å². The first-order valence-electron chi connectivity index (χ1n) is 12.0. The first kappa shape index (κ1) is 30.8. The molecule has 202 valence electrons. The Balaban J connectivity index is 2.42. The highest BCUT2D eigenvalue weighted by atomic mass is 32.2. The van der Waals surface area contributed by atoms with E-state index in [1.165, 1.54) is 12.1 Å². The Morgan fingerprint density at radius 3 is 1.69 bits per heavy atom. The highest BCUT2D eigenvalue weighted by Crippen LogP contribution is 2.34. The normalized spacial score (nSPS) is 26.7. The fourth-order valence-electron chi connectivity index (χ4n) is 3.76. The van der Waals surface area contributed by atoms with Gasteiger partial charge in [-0.15, -0.1) is 0 Å². The monoisotopic (exact) mass is 564 g/mol. The Kier molecular flexibility index (Phi) is 10.2. The van der Waals surface area contributed by atoms with Crippen LogP contribution in [0.3, 0.4) is 0 Å². The minimum atomic E-state index is -3.98. The predicted molar refractivity (Wildman–Crippen MR) is 145 cm³/mol. The van der Waals surface area contributed by atoms with Crippen LogP contribution in [0.2, 0.25) is 58.9 Å². The van der Waals surface area contributed by atoms with E-state index in [0.29, 0.717) is 0 Å². The minimum Gasteiger partial charge on any atom is -0.409 e. The fraction of sp³-hybridized carbons (Fsp3) is 0.739. The Bertz CT molecular complexity index is 920. The van der Waals surface area contributed by atoms with E-state index in [2.05, 4.69) is 58.9 Å². The molecule has 0 spiro atoms. The third-order valence-electron chi connectivity index (χ3n) is 4.99. The van der Waals surface area contributed by atoms with Gasteiger partial charge in [-0.1, -0.05) is 17.7 Å². The molecule has 2 rings (SSSR count). The first-order valence-corrected chi connectivity index (χ1v) is 23.6. The Morgan fingerprint density at radius 2 is 1.23 bits per heavy atom. The molecule has 0 saturated carbocycles. The van der Waals surface area contributed by atoms with Crippen LogP contribution in [-0.4, -0.2) is 77.8 Å². The van der Waals surface area contributed by atoms with Gasteiger partial charge in [0.15, 0.2) is 31.2 Å². The first-order chi connectivity index (χ1) is 15.8. The third-order valence-corrected chi connectivity index (χ3v) is 9.22. The minimum absolute atomic E-state index is 0.0970. The van der Waals surface area contributed by atoms with E-state index in [0.717, 1.165) is 5.56 Å². The van der Waals surface area contributed by atoms with Gasteiger partial charge in [0, 0.05) is 7.11 Å². The molecule has 1 heterocycles. The van der Waals surface area contributed by atoms with Crippen molar-refractivity contribution in [2.24, 2.45) is 0 Å². The van der Waals surface area contributed by atoms with E-state index >= 15 is 0 Å². The van der Waals surface area contributed by atoms with Crippen LogP contribution in [0.25, 0.3) is 0 Å². The lowest BCUT2D eigenvalue weighted by Crippen LogP contribution is -2.66. The van der Waals surface area contributed by atoms with Crippen molar-refractivity contribution in [3.63, 3.8) is 0 Å². The molecule has 0 aromatic heterocycles. The van der Waals surface area contributed by atoms with Crippen molar-refractivity contribution in [3.8, 4) is 0 Å². The lowest BCUT2D eigenvalue weighted by molar-refractivity contribution is -0.282. The fourth-order valence-corrected chi connectivity index (χ4v) is 7.93. The standard InChI is InChI=1S/C23H44O8SSi3/c1-17-12-14-18(15-13-17)32(24,25)27-16-19-20(29-33(3,4)5)21(30-34(6,7)8)22(23(26-2)28-19)31-35(9,10)11/h12-15,19-23H,16H2,1-11H3. The van der Waals surface area contributed by atoms with Gasteiger partial charge in [-0.05, 0) is 78.0 Å². The maximum Gasteiger partial charge on any atom is 0.297 e. The molecule has 1 saturated heterocycles. The number of rotatable bonds is 11. The molecule has 1 aromatic carbocycles. The largest absolute Gasteiger partial charge is 0.409 e. The molecule has 0 radical (unpaired) electrons. The summed E-state index contributed by atoms with van der Waals surface area (Å²) in [6.45, 7) is 20.5. The van der Waals surface area contributed by atoms with Crippen LogP contribution in [0.5, 0.6) is 0 Å². The van der Waals surface area contributed by atoms with Crippen molar-refractivity contribution in [3.05, 3.63) is 29.8 Å². The molecule has 0 N–H and O–H groups in total. The van der Waals surface area contributed by atoms with E-state index in [1.807, 2.05) is 6.92 Å². The number of ether oxygens (including phenoxy) is 2. The lowest BCUT2D eigenvalue weighted by Gasteiger charge is -2.50. The molecule has 12 heteroatoms. The smallest absolute Gasteiger partial charge is 0.297 e. The highest BCUT2D eigenvalue weighted by molar-refractivity contribution is 7.86. The van der Waals surface area contributed by atoms with Crippen molar-refractivity contribution in [1.29, 1.82) is 0 Å². The summed E-state index contributed by atoms with van der Waals surface area (Å²) in [7, 11) is -8.63. The quantitative estimate of drug-likeness (QED) is 0.281. The molecule has 0 amide bonds. The summed E-state index contributed by atoms with van der Waals surface area (Å²) in [4.78, 5) is 0.0970. The number of hydrogen-bond acceptors (Lipinski definition) is 8. The van der Waals surface area contributed by atoms with Gasteiger partial charge in [0.25, 0.3) is 10.1 Å². The van der Waals surface area contributed by atoms with Crippen LogP contribution >= 0.6 is 0 Å². The second-order valence-electron chi connectivity index (χ2n) is 11.9. The Hall–Kier alpha value is -0.419. The van der Waals surface area contributed by atoms with Gasteiger partial charge in [0.2, 0.25) is 0 Å². The average Bonchev–Trinajstić information content (AvgIpc) is 2.67. The number of benzene rings is 1. The Morgan fingerprint density at radius 1 is 0.771 bits per heavy atom. The SMILES string of the molecule is COC1OC(COS(=O)(=O)c2ccc(C)cc2)C(O[Si](C)(C)C)C(O[Si](C)(C)C)C1O[Si](C)(C)C. The number of methoxy groups -OCH3 is 1. The van der Waals surface area contributed by atoms with Gasteiger partial charge in [-0.3, -0.25) is 4.18 Å². The van der Waals surface area contributed by atoms with Gasteiger partial charge in [0.05, 0.1) is 11.5 Å².